The minimum Gasteiger partial charge on any atom is -0.508 e. The van der Waals surface area contributed by atoms with Crippen molar-refractivity contribution in [1.29, 1.82) is 0 Å². The number of nitrogens with one attached hydrogen (secondary N) is 1. The molecule has 210 valence electrons. The summed E-state index contributed by atoms with van der Waals surface area (Å²) in [5, 5.41) is 23.5. The predicted octanol–water partition coefficient (Wildman–Crippen LogP) is 2.41. The van der Waals surface area contributed by atoms with E-state index in [0.717, 1.165) is 6.92 Å². The van der Waals surface area contributed by atoms with E-state index in [1.807, 2.05) is 0 Å². The molecule has 1 unspecified atom stereocenters. The van der Waals surface area contributed by atoms with E-state index in [2.05, 4.69) is 5.32 Å². The highest BCUT2D eigenvalue weighted by Gasteiger charge is 2.78. The predicted molar refractivity (Wildman–Crippen MR) is 127 cm³/mol. The molecule has 39 heavy (non-hydrogen) atoms. The summed E-state index contributed by atoms with van der Waals surface area (Å²) in [6, 6.07) is 9.18. The number of carbonyl (C=O) groups excluding carboxylic acids is 3. The Bertz CT molecular complexity index is 1290. The average Bonchev–Trinajstić information content (AvgIpc) is 3.06. The number of phenolic OH excluding ortho intramolecular Hbond substituents is 1. The zero-order valence-corrected chi connectivity index (χ0v) is 20.9. The lowest BCUT2D eigenvalue weighted by Gasteiger charge is -2.54. The number of aromatic hydroxyl groups is 1. The zero-order valence-electron chi connectivity index (χ0n) is 20.9. The number of benzene rings is 2. The van der Waals surface area contributed by atoms with E-state index in [0.29, 0.717) is 10.5 Å². The minimum absolute atomic E-state index is 0.00517. The fourth-order valence-corrected chi connectivity index (χ4v) is 5.19. The Balaban J connectivity index is 1.61. The highest BCUT2D eigenvalue weighted by molar-refractivity contribution is 5.99. The third-order valence-corrected chi connectivity index (χ3v) is 7.43. The fourth-order valence-electron chi connectivity index (χ4n) is 5.19. The number of alkyl halides is 5. The van der Waals surface area contributed by atoms with Crippen LogP contribution in [0.1, 0.15) is 28.4 Å². The normalized spacial score (nSPS) is 23.6. The molecule has 3 amide bonds. The van der Waals surface area contributed by atoms with Gasteiger partial charge in [0.05, 0.1) is 12.6 Å². The number of hydrogen-bond acceptors (Lipinski definition) is 5. The molecule has 13 heteroatoms. The van der Waals surface area contributed by atoms with Crippen molar-refractivity contribution >= 4 is 17.7 Å². The highest BCUT2D eigenvalue weighted by atomic mass is 19.4. The maximum Gasteiger partial charge on any atom is 0.406 e. The first-order valence-electron chi connectivity index (χ1n) is 12.0. The van der Waals surface area contributed by atoms with Crippen LogP contribution in [0.5, 0.6) is 5.75 Å². The Morgan fingerprint density at radius 3 is 2.38 bits per heavy atom. The number of aliphatic hydroxyl groups is 1. The second-order valence-electron chi connectivity index (χ2n) is 9.92. The van der Waals surface area contributed by atoms with Crippen molar-refractivity contribution in [2.75, 3.05) is 13.1 Å². The van der Waals surface area contributed by atoms with Crippen LogP contribution in [0.4, 0.5) is 22.0 Å². The first-order valence-corrected chi connectivity index (χ1v) is 12.0. The quantitative estimate of drug-likeness (QED) is 0.359. The molecule has 2 aliphatic rings. The Morgan fingerprint density at radius 2 is 1.77 bits per heavy atom. The van der Waals surface area contributed by atoms with Crippen molar-refractivity contribution in [3.05, 3.63) is 65.2 Å². The smallest absolute Gasteiger partial charge is 0.406 e. The number of fused-ring (bicyclic) bond motifs is 1. The topological polar surface area (TPSA) is 110 Å². The lowest BCUT2D eigenvalue weighted by molar-refractivity contribution is -0.220. The SMILES string of the molecule is Cc1c(O)cccc1C(=O)N[C@@H](Cc1ccccc1)[C@H](O)C(=O)N1CC(F)(F)C2(C)[C@H]1C(=O)N2CC(F)(F)F. The van der Waals surface area contributed by atoms with Crippen LogP contribution in [0, 0.1) is 6.92 Å². The van der Waals surface area contributed by atoms with Crippen LogP contribution < -0.4 is 5.32 Å². The van der Waals surface area contributed by atoms with Crippen molar-refractivity contribution in [2.24, 2.45) is 0 Å². The minimum atomic E-state index is -4.94. The second-order valence-corrected chi connectivity index (χ2v) is 9.92. The van der Waals surface area contributed by atoms with Crippen molar-refractivity contribution < 1.29 is 46.5 Å². The molecule has 4 atom stereocenters. The molecule has 2 aromatic rings. The lowest BCUT2D eigenvalue weighted by Crippen LogP contribution is -2.79. The summed E-state index contributed by atoms with van der Waals surface area (Å²) in [5.74, 6) is -7.50. The second kappa shape index (κ2) is 9.78. The van der Waals surface area contributed by atoms with Gasteiger partial charge in [-0.3, -0.25) is 14.4 Å². The highest BCUT2D eigenvalue weighted by Crippen LogP contribution is 2.53. The standard InChI is InChI=1S/C26H26F5N3O5/c1-14-16(9-6-10-18(14)35)21(37)32-17(11-15-7-4-3-5-8-15)19(36)22(38)33-12-25(27,28)24(2)20(33)23(39)34(24)13-26(29,30)31/h3-10,17,19-20,35-36H,11-13H2,1-2H3,(H,32,37)/t17-,19-,20+,24?/m0/s1. The van der Waals surface area contributed by atoms with Crippen LogP contribution in [0.2, 0.25) is 0 Å². The first kappa shape index (κ1) is 28.3. The molecule has 0 spiro atoms. The number of carbonyl (C=O) groups is 3. The molecule has 4 rings (SSSR count). The van der Waals surface area contributed by atoms with E-state index in [1.54, 1.807) is 30.3 Å². The molecule has 2 fully saturated rings. The van der Waals surface area contributed by atoms with Crippen LogP contribution in [0.15, 0.2) is 48.5 Å². The van der Waals surface area contributed by atoms with Gasteiger partial charge in [-0.15, -0.1) is 0 Å². The molecule has 2 aliphatic heterocycles. The van der Waals surface area contributed by atoms with Crippen molar-refractivity contribution in [2.45, 2.75) is 56.1 Å². The molecule has 2 saturated heterocycles. The molecule has 2 aromatic carbocycles. The zero-order chi connectivity index (χ0) is 28.9. The molecule has 0 aliphatic carbocycles. The van der Waals surface area contributed by atoms with Gasteiger partial charge in [0.15, 0.2) is 6.10 Å². The Hall–Kier alpha value is -3.74. The number of rotatable bonds is 7. The molecule has 3 N–H and O–H groups in total. The number of aliphatic hydroxyl groups excluding tert-OH is 1. The van der Waals surface area contributed by atoms with Crippen LogP contribution in [-0.4, -0.2) is 86.6 Å². The van der Waals surface area contributed by atoms with E-state index in [9.17, 15) is 37.8 Å². The lowest BCUT2D eigenvalue weighted by atomic mass is 9.78. The number of amides is 3. The third kappa shape index (κ3) is 4.90. The van der Waals surface area contributed by atoms with Crippen LogP contribution >= 0.6 is 0 Å². The van der Waals surface area contributed by atoms with E-state index < -0.39 is 66.6 Å². The summed E-state index contributed by atoms with van der Waals surface area (Å²) in [6.45, 7) is -1.05. The summed E-state index contributed by atoms with van der Waals surface area (Å²) >= 11 is 0. The largest absolute Gasteiger partial charge is 0.508 e. The van der Waals surface area contributed by atoms with Gasteiger partial charge in [-0.25, -0.2) is 8.78 Å². The molecular weight excluding hydrogens is 529 g/mol. The van der Waals surface area contributed by atoms with E-state index >= 15 is 8.78 Å². The Morgan fingerprint density at radius 1 is 1.13 bits per heavy atom. The maximum atomic E-state index is 15.0. The van der Waals surface area contributed by atoms with Gasteiger partial charge >= 0.3 is 6.18 Å². The van der Waals surface area contributed by atoms with Crippen LogP contribution in [0.3, 0.4) is 0 Å². The number of phenols is 1. The number of nitrogens with zero attached hydrogens (tertiary/aromatic N) is 2. The molecule has 0 bridgehead atoms. The van der Waals surface area contributed by atoms with Gasteiger partial charge in [-0.05, 0) is 38.0 Å². The summed E-state index contributed by atoms with van der Waals surface area (Å²) < 4.78 is 69.0. The van der Waals surface area contributed by atoms with Gasteiger partial charge in [0.25, 0.3) is 17.7 Å². The molecule has 2 heterocycles. The Kier molecular flexibility index (Phi) is 7.09. The van der Waals surface area contributed by atoms with Crippen molar-refractivity contribution in [3.8, 4) is 5.75 Å². The summed E-state index contributed by atoms with van der Waals surface area (Å²) in [5.41, 5.74) is -1.81. The van der Waals surface area contributed by atoms with E-state index in [4.69, 9.17) is 0 Å². The van der Waals surface area contributed by atoms with Crippen LogP contribution in [-0.2, 0) is 16.0 Å². The average molecular weight is 556 g/mol. The monoisotopic (exact) mass is 555 g/mol. The molecule has 0 radical (unpaired) electrons. The first-order chi connectivity index (χ1) is 18.1. The van der Waals surface area contributed by atoms with E-state index in [-0.39, 0.29) is 28.2 Å². The molecule has 0 aromatic heterocycles. The Labute approximate surface area is 220 Å². The molecule has 0 saturated carbocycles. The van der Waals surface area contributed by atoms with Gasteiger partial charge in [0.1, 0.15) is 23.9 Å². The van der Waals surface area contributed by atoms with Gasteiger partial charge in [-0.1, -0.05) is 36.4 Å². The molecule has 8 nitrogen and oxygen atoms in total. The summed E-state index contributed by atoms with van der Waals surface area (Å²) in [4.78, 5) is 39.3. The van der Waals surface area contributed by atoms with Crippen LogP contribution in [0.25, 0.3) is 0 Å². The van der Waals surface area contributed by atoms with Gasteiger partial charge < -0.3 is 25.3 Å². The van der Waals surface area contributed by atoms with Gasteiger partial charge in [0.2, 0.25) is 5.91 Å². The van der Waals surface area contributed by atoms with E-state index in [1.165, 1.54) is 25.1 Å². The number of halogens is 5. The number of likely N-dealkylation sites (tertiary alicyclic amines) is 2. The van der Waals surface area contributed by atoms with Gasteiger partial charge in [-0.2, -0.15) is 13.2 Å². The summed E-state index contributed by atoms with van der Waals surface area (Å²) in [7, 11) is 0. The summed E-state index contributed by atoms with van der Waals surface area (Å²) in [6.07, 6.45) is -7.20. The fraction of sp³-hybridized carbons (Fsp3) is 0.423. The molecular formula is C26H26F5N3O5. The maximum absolute atomic E-state index is 15.0. The number of hydrogen-bond donors (Lipinski definition) is 3. The van der Waals surface area contributed by atoms with Crippen molar-refractivity contribution in [3.63, 3.8) is 0 Å². The third-order valence-electron chi connectivity index (χ3n) is 7.43. The van der Waals surface area contributed by atoms with Gasteiger partial charge in [0, 0.05) is 11.1 Å². The number of β-lactam (4-membered cyclic amide) rings is 1. The van der Waals surface area contributed by atoms with Crippen molar-refractivity contribution in [1.82, 2.24) is 15.1 Å².